The first-order valence-electron chi connectivity index (χ1n) is 25.8. The van der Waals surface area contributed by atoms with Crippen molar-refractivity contribution >= 4 is 55.4 Å². The summed E-state index contributed by atoms with van der Waals surface area (Å²) in [5, 5.41) is 27.7. The SMILES string of the molecule is CC(C)c1ccccc1[C@@H]1CC[C@](C)(O)CN1C1CC2(CCN(c3ccc(C(=O)NS(=O)(=O)c4ccc(NCC5CCOCC5)c([N+](=O)[O-])c4)c(N4c5cc6cc[nH]c6nc5O[C@H]5COCC[C@@H]54)c3)CC2)C1. The van der Waals surface area contributed by atoms with E-state index in [2.05, 4.69) is 67.8 Å². The van der Waals surface area contributed by atoms with Crippen LogP contribution in [0.5, 0.6) is 5.88 Å². The fourth-order valence-electron chi connectivity index (χ4n) is 12.6. The van der Waals surface area contributed by atoms with Crippen molar-refractivity contribution in [3.63, 3.8) is 0 Å². The van der Waals surface area contributed by atoms with E-state index in [1.165, 1.54) is 23.3 Å². The Bertz CT molecular complexity index is 2960. The number of aliphatic hydroxyl groups is 1. The van der Waals surface area contributed by atoms with Crippen molar-refractivity contribution in [3.8, 4) is 5.88 Å². The highest BCUT2D eigenvalue weighted by atomic mass is 32.2. The van der Waals surface area contributed by atoms with Gasteiger partial charge in [0, 0.05) is 81.4 Å². The number of likely N-dealkylation sites (tertiary alicyclic amines) is 1. The molecule has 2 aromatic heterocycles. The minimum Gasteiger partial charge on any atom is -0.468 e. The molecule has 4 saturated heterocycles. The molecule has 5 fully saturated rings. The Morgan fingerprint density at radius 3 is 2.51 bits per heavy atom. The molecule has 1 spiro atoms. The van der Waals surface area contributed by atoms with Crippen molar-refractivity contribution in [2.75, 3.05) is 67.7 Å². The minimum absolute atomic E-state index is 0.111. The van der Waals surface area contributed by atoms with E-state index in [9.17, 15) is 28.4 Å². The minimum atomic E-state index is -4.61. The third kappa shape index (κ3) is 9.40. The fraction of sp³-hybridized carbons (Fsp3) is 0.519. The topological polar surface area (TPSA) is 205 Å². The lowest BCUT2D eigenvalue weighted by atomic mass is 9.59. The molecule has 7 heterocycles. The smallest absolute Gasteiger partial charge is 0.293 e. The number of pyridine rings is 1. The predicted octanol–water partition coefficient (Wildman–Crippen LogP) is 8.58. The lowest BCUT2D eigenvalue weighted by molar-refractivity contribution is -0.384. The largest absolute Gasteiger partial charge is 0.468 e. The highest BCUT2D eigenvalue weighted by molar-refractivity contribution is 7.90. The van der Waals surface area contributed by atoms with Gasteiger partial charge in [-0.25, -0.2) is 13.1 Å². The molecular formula is C54H66N8O9S. The number of hydrogen-bond donors (Lipinski definition) is 4. The van der Waals surface area contributed by atoms with Crippen molar-refractivity contribution in [1.29, 1.82) is 0 Å². The summed E-state index contributed by atoms with van der Waals surface area (Å²) in [7, 11) is -4.61. The van der Waals surface area contributed by atoms with Crippen LogP contribution in [-0.2, 0) is 19.5 Å². The number of sulfonamides is 1. The highest BCUT2D eigenvalue weighted by Gasteiger charge is 2.52. The number of fused-ring (bicyclic) bond motifs is 3. The second kappa shape index (κ2) is 19.2. The molecule has 4 N–H and O–H groups in total. The summed E-state index contributed by atoms with van der Waals surface area (Å²) in [6, 6.07) is 22.3. The van der Waals surface area contributed by atoms with Gasteiger partial charge in [-0.3, -0.25) is 19.8 Å². The van der Waals surface area contributed by atoms with Gasteiger partial charge in [-0.15, -0.1) is 0 Å². The molecule has 1 aliphatic carbocycles. The number of anilines is 4. The van der Waals surface area contributed by atoms with Crippen molar-refractivity contribution in [2.45, 2.75) is 119 Å². The Hall–Kier alpha value is -5.79. The molecule has 382 valence electrons. The summed E-state index contributed by atoms with van der Waals surface area (Å²) in [4.78, 5) is 41.1. The number of benzene rings is 3. The van der Waals surface area contributed by atoms with Crippen LogP contribution in [0.1, 0.15) is 112 Å². The molecule has 0 bridgehead atoms. The van der Waals surface area contributed by atoms with Gasteiger partial charge in [0.25, 0.3) is 21.6 Å². The van der Waals surface area contributed by atoms with E-state index in [4.69, 9.17) is 19.2 Å². The molecule has 5 aromatic rings. The summed E-state index contributed by atoms with van der Waals surface area (Å²) in [6.45, 7) is 11.2. The number of amides is 1. The third-order valence-corrected chi connectivity index (χ3v) is 17.9. The lowest BCUT2D eigenvalue weighted by Crippen LogP contribution is -2.60. The number of ether oxygens (including phenoxy) is 3. The Kier molecular flexibility index (Phi) is 13.0. The zero-order chi connectivity index (χ0) is 49.9. The maximum Gasteiger partial charge on any atom is 0.293 e. The van der Waals surface area contributed by atoms with Gasteiger partial charge >= 0.3 is 0 Å². The van der Waals surface area contributed by atoms with Crippen LogP contribution in [-0.4, -0.2) is 116 Å². The Labute approximate surface area is 420 Å². The van der Waals surface area contributed by atoms with Crippen LogP contribution in [0, 0.1) is 21.4 Å². The number of piperidine rings is 2. The second-order valence-corrected chi connectivity index (χ2v) is 23.4. The molecule has 1 saturated carbocycles. The van der Waals surface area contributed by atoms with Crippen LogP contribution in [0.15, 0.2) is 83.9 Å². The number of nitrogens with zero attached hydrogens (tertiary/aromatic N) is 5. The van der Waals surface area contributed by atoms with Crippen LogP contribution in [0.25, 0.3) is 11.0 Å². The molecule has 18 heteroatoms. The zero-order valence-corrected chi connectivity index (χ0v) is 42.2. The van der Waals surface area contributed by atoms with Crippen LogP contribution >= 0.6 is 0 Å². The number of nitro benzene ring substituents is 1. The summed E-state index contributed by atoms with van der Waals surface area (Å²) in [6.07, 6.45) is 9.42. The Morgan fingerprint density at radius 2 is 1.74 bits per heavy atom. The summed E-state index contributed by atoms with van der Waals surface area (Å²) in [5.41, 5.74) is 4.81. The standard InChI is InChI=1S/C54H66N8O9S/c1-34(2)40-6-4-5-7-41(40)44-12-17-53(3,64)33-60(44)38-29-54(30-38)18-21-59(22-19-54)37-8-10-42(46(27-37)61-45-16-25-70-32-49(45)71-52-48(61)26-36-13-20-55-50(36)57-52)51(63)58-72(67,68)39-9-11-43(47(28-39)62(65)66)56-31-35-14-23-69-24-15-35/h4-11,13,20,26-28,34-35,38,44-45,49,56,64H,12,14-19,21-25,29-33H2,1-3H3,(H,55,57)(H,58,63)/t44-,45-,49-,53-/m0/s1. The summed E-state index contributed by atoms with van der Waals surface area (Å²) in [5.74, 6) is 0.161. The monoisotopic (exact) mass is 1000 g/mol. The molecule has 6 aliphatic rings. The first-order valence-corrected chi connectivity index (χ1v) is 27.3. The van der Waals surface area contributed by atoms with E-state index in [1.54, 1.807) is 12.3 Å². The maximum atomic E-state index is 14.7. The normalized spacial score (nSPS) is 24.9. The van der Waals surface area contributed by atoms with E-state index >= 15 is 0 Å². The molecule has 72 heavy (non-hydrogen) atoms. The summed E-state index contributed by atoms with van der Waals surface area (Å²) >= 11 is 0. The van der Waals surface area contributed by atoms with E-state index in [-0.39, 0.29) is 34.7 Å². The lowest BCUT2D eigenvalue weighted by Gasteiger charge is -2.59. The number of rotatable bonds is 12. The quantitative estimate of drug-likeness (QED) is 0.0683. The van der Waals surface area contributed by atoms with Gasteiger partial charge in [0.15, 0.2) is 0 Å². The molecular weight excluding hydrogens is 937 g/mol. The van der Waals surface area contributed by atoms with Gasteiger partial charge in [0.1, 0.15) is 23.1 Å². The molecule has 17 nitrogen and oxygen atoms in total. The van der Waals surface area contributed by atoms with Gasteiger partial charge in [0.2, 0.25) is 5.88 Å². The second-order valence-electron chi connectivity index (χ2n) is 21.8. The number of β-amino-alcohol motifs (C(OH)–C–C–N with tert-alkyl or cyclic N) is 1. The molecule has 1 amide bonds. The number of nitrogens with one attached hydrogen (secondary N) is 3. The van der Waals surface area contributed by atoms with Crippen molar-refractivity contribution < 1.29 is 37.5 Å². The molecule has 0 radical (unpaired) electrons. The van der Waals surface area contributed by atoms with Crippen molar-refractivity contribution in [2.24, 2.45) is 11.3 Å². The van der Waals surface area contributed by atoms with Crippen molar-refractivity contribution in [1.82, 2.24) is 19.6 Å². The van der Waals surface area contributed by atoms with E-state index in [0.717, 1.165) is 81.6 Å². The third-order valence-electron chi connectivity index (χ3n) is 16.6. The highest BCUT2D eigenvalue weighted by Crippen LogP contribution is 2.55. The molecule has 0 unspecified atom stereocenters. The van der Waals surface area contributed by atoms with E-state index < -0.39 is 43.1 Å². The number of nitro groups is 1. The number of aromatic amines is 1. The number of carbonyl (C=O) groups is 1. The zero-order valence-electron chi connectivity index (χ0n) is 41.3. The maximum absolute atomic E-state index is 14.7. The molecule has 11 rings (SSSR count). The average molecular weight is 1000 g/mol. The molecule has 4 atom stereocenters. The predicted molar refractivity (Wildman–Crippen MR) is 275 cm³/mol. The first-order chi connectivity index (χ1) is 34.6. The van der Waals surface area contributed by atoms with Gasteiger partial charge in [0.05, 0.1) is 39.3 Å². The summed E-state index contributed by atoms with van der Waals surface area (Å²) < 4.78 is 48.5. The number of carbonyl (C=O) groups excluding carboxylic acids is 1. The van der Waals surface area contributed by atoms with Gasteiger partial charge < -0.3 is 39.4 Å². The van der Waals surface area contributed by atoms with Gasteiger partial charge in [-0.05, 0) is 136 Å². The average Bonchev–Trinajstić information content (AvgIpc) is 3.83. The number of aromatic nitrogens is 2. The van der Waals surface area contributed by atoms with Crippen molar-refractivity contribution in [3.05, 3.63) is 106 Å². The van der Waals surface area contributed by atoms with Crippen LogP contribution < -0.4 is 24.6 Å². The van der Waals surface area contributed by atoms with Crippen LogP contribution in [0.2, 0.25) is 0 Å². The first kappa shape index (κ1) is 48.5. The van der Waals surface area contributed by atoms with Gasteiger partial charge in [-0.1, -0.05) is 38.1 Å². The van der Waals surface area contributed by atoms with Crippen LogP contribution in [0.4, 0.5) is 28.4 Å². The van der Waals surface area contributed by atoms with E-state index in [0.29, 0.717) is 80.8 Å². The Balaban J connectivity index is 0.876. The Morgan fingerprint density at radius 1 is 0.958 bits per heavy atom. The number of hydrogen-bond acceptors (Lipinski definition) is 14. The van der Waals surface area contributed by atoms with Gasteiger partial charge in [-0.2, -0.15) is 4.98 Å². The van der Waals surface area contributed by atoms with E-state index in [1.807, 2.05) is 31.2 Å². The number of H-pyrrole nitrogens is 1. The fourth-order valence-corrected chi connectivity index (χ4v) is 13.5. The molecule has 5 aliphatic heterocycles. The van der Waals surface area contributed by atoms with Crippen LogP contribution in [0.3, 0.4) is 0 Å². The molecule has 3 aromatic carbocycles.